The van der Waals surface area contributed by atoms with Crippen LogP contribution in [-0.4, -0.2) is 85.0 Å². The second-order valence-corrected chi connectivity index (χ2v) is 7.74. The van der Waals surface area contributed by atoms with Gasteiger partial charge in [0.2, 0.25) is 11.9 Å². The van der Waals surface area contributed by atoms with Crippen LogP contribution in [-0.2, 0) is 4.79 Å². The van der Waals surface area contributed by atoms with E-state index in [1.165, 1.54) is 6.33 Å². The Morgan fingerprint density at radius 3 is 2.42 bits per heavy atom. The van der Waals surface area contributed by atoms with Gasteiger partial charge in [0.1, 0.15) is 12.7 Å². The second-order valence-electron chi connectivity index (χ2n) is 7.74. The van der Waals surface area contributed by atoms with E-state index in [-0.39, 0.29) is 11.8 Å². The Balaban J connectivity index is 1.19. The van der Waals surface area contributed by atoms with Crippen LogP contribution in [0.5, 0.6) is 0 Å². The number of rotatable bonds is 4. The van der Waals surface area contributed by atoms with E-state index in [0.29, 0.717) is 25.5 Å². The molecule has 0 radical (unpaired) electrons. The van der Waals surface area contributed by atoms with Crippen LogP contribution in [0.25, 0.3) is 5.82 Å². The summed E-state index contributed by atoms with van der Waals surface area (Å²) in [6, 6.07) is 5.60. The average molecular weight is 420 g/mol. The molecule has 31 heavy (non-hydrogen) atoms. The van der Waals surface area contributed by atoms with Crippen molar-refractivity contribution < 1.29 is 4.79 Å². The number of hydrogen-bond acceptors (Lipinski definition) is 9. The molecule has 0 unspecified atom stereocenters. The third-order valence-corrected chi connectivity index (χ3v) is 5.81. The monoisotopic (exact) mass is 420 g/mol. The summed E-state index contributed by atoms with van der Waals surface area (Å²) in [5.74, 6) is 2.33. The first-order valence-corrected chi connectivity index (χ1v) is 10.5. The van der Waals surface area contributed by atoms with Crippen LogP contribution in [0.2, 0.25) is 0 Å². The molecule has 0 aromatic carbocycles. The molecule has 3 aromatic rings. The molecule has 2 saturated heterocycles. The molecule has 3 aromatic heterocycles. The van der Waals surface area contributed by atoms with Crippen LogP contribution in [0.15, 0.2) is 43.2 Å². The van der Waals surface area contributed by atoms with Crippen LogP contribution >= 0.6 is 0 Å². The number of amides is 1. The lowest BCUT2D eigenvalue weighted by Crippen LogP contribution is -2.53. The lowest BCUT2D eigenvalue weighted by molar-refractivity contribution is -0.136. The van der Waals surface area contributed by atoms with Gasteiger partial charge in [-0.2, -0.15) is 5.10 Å². The minimum atomic E-state index is -0.0231. The summed E-state index contributed by atoms with van der Waals surface area (Å²) >= 11 is 0. The first-order valence-electron chi connectivity index (χ1n) is 10.5. The van der Waals surface area contributed by atoms with Crippen molar-refractivity contribution in [1.29, 1.82) is 0 Å². The molecule has 1 amide bonds. The highest BCUT2D eigenvalue weighted by Crippen LogP contribution is 2.24. The fourth-order valence-corrected chi connectivity index (χ4v) is 4.16. The number of carbonyl (C=O) groups is 1. The van der Waals surface area contributed by atoms with E-state index in [1.807, 2.05) is 23.1 Å². The van der Waals surface area contributed by atoms with Gasteiger partial charge in [0, 0.05) is 51.7 Å². The second kappa shape index (κ2) is 8.62. The fourth-order valence-electron chi connectivity index (χ4n) is 4.16. The number of carbonyl (C=O) groups excluding carboxylic acids is 1. The van der Waals surface area contributed by atoms with Crippen LogP contribution < -0.4 is 9.80 Å². The van der Waals surface area contributed by atoms with Gasteiger partial charge in [-0.25, -0.2) is 19.6 Å². The number of piperidine rings is 1. The van der Waals surface area contributed by atoms with E-state index in [4.69, 9.17) is 0 Å². The van der Waals surface area contributed by atoms with E-state index in [1.54, 1.807) is 23.4 Å². The molecule has 0 N–H and O–H groups in total. The van der Waals surface area contributed by atoms with Crippen molar-refractivity contribution in [2.45, 2.75) is 12.8 Å². The van der Waals surface area contributed by atoms with E-state index in [0.717, 1.165) is 44.2 Å². The molecule has 0 aliphatic carbocycles. The maximum atomic E-state index is 13.2. The van der Waals surface area contributed by atoms with E-state index in [9.17, 15) is 4.79 Å². The van der Waals surface area contributed by atoms with Gasteiger partial charge < -0.3 is 14.7 Å². The first kappa shape index (κ1) is 19.3. The van der Waals surface area contributed by atoms with Gasteiger partial charge in [-0.15, -0.1) is 10.2 Å². The molecule has 160 valence electrons. The zero-order chi connectivity index (χ0) is 21.0. The lowest BCUT2D eigenvalue weighted by Gasteiger charge is -2.39. The third kappa shape index (κ3) is 4.16. The molecule has 1 atom stereocenters. The summed E-state index contributed by atoms with van der Waals surface area (Å²) in [7, 11) is 0. The first-order chi connectivity index (χ1) is 15.3. The van der Waals surface area contributed by atoms with Crippen molar-refractivity contribution >= 4 is 17.7 Å². The Bertz CT molecular complexity index is 987. The van der Waals surface area contributed by atoms with Gasteiger partial charge in [0.25, 0.3) is 0 Å². The van der Waals surface area contributed by atoms with Crippen molar-refractivity contribution in [3.8, 4) is 5.82 Å². The summed E-state index contributed by atoms with van der Waals surface area (Å²) in [6.07, 6.45) is 8.41. The molecule has 0 saturated carbocycles. The predicted molar refractivity (Wildman–Crippen MR) is 113 cm³/mol. The number of anilines is 2. The highest BCUT2D eigenvalue weighted by atomic mass is 16.2. The Morgan fingerprint density at radius 2 is 1.71 bits per heavy atom. The van der Waals surface area contributed by atoms with Crippen LogP contribution in [0.1, 0.15) is 12.8 Å². The topological polar surface area (TPSA) is 109 Å². The highest BCUT2D eigenvalue weighted by Gasteiger charge is 2.32. The lowest BCUT2D eigenvalue weighted by atomic mass is 9.96. The van der Waals surface area contributed by atoms with E-state index >= 15 is 0 Å². The Kier molecular flexibility index (Phi) is 5.38. The molecular weight excluding hydrogens is 396 g/mol. The van der Waals surface area contributed by atoms with E-state index in [2.05, 4.69) is 40.0 Å². The summed E-state index contributed by atoms with van der Waals surface area (Å²) in [4.78, 5) is 32.0. The van der Waals surface area contributed by atoms with Crippen molar-refractivity contribution in [1.82, 2.24) is 39.8 Å². The van der Waals surface area contributed by atoms with Crippen LogP contribution in [0.3, 0.4) is 0 Å². The number of hydrogen-bond donors (Lipinski definition) is 0. The van der Waals surface area contributed by atoms with Gasteiger partial charge in [-0.3, -0.25) is 4.79 Å². The van der Waals surface area contributed by atoms with Crippen molar-refractivity contribution in [3.05, 3.63) is 43.2 Å². The molecule has 0 spiro atoms. The Morgan fingerprint density at radius 1 is 0.935 bits per heavy atom. The van der Waals surface area contributed by atoms with Gasteiger partial charge in [0.05, 0.1) is 5.92 Å². The normalized spacial score (nSPS) is 19.5. The maximum absolute atomic E-state index is 13.2. The zero-order valence-corrected chi connectivity index (χ0v) is 17.2. The number of nitrogens with zero attached hydrogens (tertiary/aromatic N) is 10. The largest absolute Gasteiger partial charge is 0.354 e. The zero-order valence-electron chi connectivity index (χ0n) is 17.2. The van der Waals surface area contributed by atoms with Crippen LogP contribution in [0.4, 0.5) is 11.8 Å². The van der Waals surface area contributed by atoms with Crippen LogP contribution in [0, 0.1) is 5.92 Å². The fraction of sp³-hybridized carbons (Fsp3) is 0.450. The molecule has 0 bridgehead atoms. The minimum Gasteiger partial charge on any atom is -0.354 e. The summed E-state index contributed by atoms with van der Waals surface area (Å²) < 4.78 is 1.57. The van der Waals surface area contributed by atoms with E-state index < -0.39 is 0 Å². The molecule has 2 fully saturated rings. The summed E-state index contributed by atoms with van der Waals surface area (Å²) in [6.45, 7) is 4.43. The SMILES string of the molecule is O=C([C@@H]1CCCN(c2ccc(-n3cncn3)nn2)C1)N1CCN(c2ncccn2)CC1. The van der Waals surface area contributed by atoms with Crippen molar-refractivity contribution in [3.63, 3.8) is 0 Å². The van der Waals surface area contributed by atoms with Gasteiger partial charge in [0.15, 0.2) is 11.6 Å². The molecule has 11 heteroatoms. The number of piperazine rings is 1. The maximum Gasteiger partial charge on any atom is 0.227 e. The Labute approximate surface area is 179 Å². The molecular formula is C20H24N10O. The summed E-state index contributed by atoms with van der Waals surface area (Å²) in [5.41, 5.74) is 0. The molecule has 2 aliphatic heterocycles. The Hall–Kier alpha value is -3.63. The quantitative estimate of drug-likeness (QED) is 0.593. The molecule has 5 rings (SSSR count). The summed E-state index contributed by atoms with van der Waals surface area (Å²) in [5, 5.41) is 12.7. The van der Waals surface area contributed by atoms with Gasteiger partial charge >= 0.3 is 0 Å². The number of aromatic nitrogens is 7. The molecule has 5 heterocycles. The molecule has 11 nitrogen and oxygen atoms in total. The molecule has 2 aliphatic rings. The van der Waals surface area contributed by atoms with Crippen molar-refractivity contribution in [2.24, 2.45) is 5.92 Å². The highest BCUT2D eigenvalue weighted by molar-refractivity contribution is 5.80. The standard InChI is InChI=1S/C20H24N10O/c31-19(27-9-11-28(12-10-27)20-22-6-2-7-23-20)16-3-1-8-29(13-16)17-4-5-18(26-25-17)30-15-21-14-24-30/h2,4-7,14-16H,1,3,8-13H2/t16-/m1/s1. The van der Waals surface area contributed by atoms with Crippen molar-refractivity contribution in [2.75, 3.05) is 49.1 Å². The average Bonchev–Trinajstić information content (AvgIpc) is 3.40. The van der Waals surface area contributed by atoms with Gasteiger partial charge in [-0.05, 0) is 31.0 Å². The third-order valence-electron chi connectivity index (χ3n) is 5.81. The minimum absolute atomic E-state index is 0.0231. The smallest absolute Gasteiger partial charge is 0.227 e. The predicted octanol–water partition coefficient (Wildman–Crippen LogP) is 0.413. The van der Waals surface area contributed by atoms with Gasteiger partial charge in [-0.1, -0.05) is 0 Å².